The minimum absolute atomic E-state index is 0.0477. The number of nitrogens with zero attached hydrogens (tertiary/aromatic N) is 2. The SMILES string of the molecule is Cc1ccc(S(=O)(=O)N(C)C)cc1NC(=O)[C@@H](C)OC(=O)c1ccccn1. The largest absolute Gasteiger partial charge is 0.448 e. The van der Waals surface area contributed by atoms with Gasteiger partial charge in [0.15, 0.2) is 6.10 Å². The van der Waals surface area contributed by atoms with Crippen molar-refractivity contribution in [3.63, 3.8) is 0 Å². The summed E-state index contributed by atoms with van der Waals surface area (Å²) < 4.78 is 30.7. The number of rotatable bonds is 6. The van der Waals surface area contributed by atoms with Crippen LogP contribution in [0.5, 0.6) is 0 Å². The maximum atomic E-state index is 12.4. The van der Waals surface area contributed by atoms with Crippen molar-refractivity contribution in [1.82, 2.24) is 9.29 Å². The zero-order valence-corrected chi connectivity index (χ0v) is 16.3. The lowest BCUT2D eigenvalue weighted by Crippen LogP contribution is -2.30. The van der Waals surface area contributed by atoms with Crippen LogP contribution in [-0.2, 0) is 19.6 Å². The standard InChI is InChI=1S/C18H21N3O5S/c1-12-8-9-14(27(24,25)21(3)4)11-16(12)20-17(22)13(2)26-18(23)15-7-5-6-10-19-15/h5-11,13H,1-4H3,(H,20,22)/t13-/m1/s1. The van der Waals surface area contributed by atoms with Gasteiger partial charge in [-0.1, -0.05) is 12.1 Å². The van der Waals surface area contributed by atoms with Crippen LogP contribution >= 0.6 is 0 Å². The number of esters is 1. The predicted molar refractivity (Wildman–Crippen MR) is 99.8 cm³/mol. The van der Waals surface area contributed by atoms with Gasteiger partial charge < -0.3 is 10.1 Å². The molecule has 0 saturated heterocycles. The fourth-order valence-electron chi connectivity index (χ4n) is 2.10. The van der Waals surface area contributed by atoms with E-state index in [-0.39, 0.29) is 10.6 Å². The summed E-state index contributed by atoms with van der Waals surface area (Å²) in [7, 11) is -0.792. The van der Waals surface area contributed by atoms with Crippen LogP contribution in [0.15, 0.2) is 47.5 Å². The molecule has 0 radical (unpaired) electrons. The highest BCUT2D eigenvalue weighted by Crippen LogP contribution is 2.22. The quantitative estimate of drug-likeness (QED) is 0.753. The van der Waals surface area contributed by atoms with Gasteiger partial charge in [0.25, 0.3) is 5.91 Å². The van der Waals surface area contributed by atoms with E-state index in [1.54, 1.807) is 25.1 Å². The van der Waals surface area contributed by atoms with Crippen molar-refractivity contribution in [2.45, 2.75) is 24.8 Å². The van der Waals surface area contributed by atoms with Crippen molar-refractivity contribution in [1.29, 1.82) is 0 Å². The Bertz CT molecular complexity index is 943. The average Bonchev–Trinajstić information content (AvgIpc) is 2.63. The molecule has 1 atom stereocenters. The van der Waals surface area contributed by atoms with Crippen molar-refractivity contribution in [2.75, 3.05) is 19.4 Å². The molecule has 0 spiro atoms. The van der Waals surface area contributed by atoms with Crippen LogP contribution in [-0.4, -0.2) is 49.8 Å². The number of carbonyl (C=O) groups excluding carboxylic acids is 2. The third-order valence-electron chi connectivity index (χ3n) is 3.77. The number of aromatic nitrogens is 1. The summed E-state index contributed by atoms with van der Waals surface area (Å²) >= 11 is 0. The fraction of sp³-hybridized carbons (Fsp3) is 0.278. The number of ether oxygens (including phenoxy) is 1. The molecule has 8 nitrogen and oxygen atoms in total. The molecule has 0 aliphatic heterocycles. The Morgan fingerprint density at radius 1 is 1.19 bits per heavy atom. The van der Waals surface area contributed by atoms with E-state index in [0.717, 1.165) is 4.31 Å². The highest BCUT2D eigenvalue weighted by Gasteiger charge is 2.22. The van der Waals surface area contributed by atoms with Crippen molar-refractivity contribution in [3.05, 3.63) is 53.9 Å². The first-order valence-electron chi connectivity index (χ1n) is 8.09. The molecule has 144 valence electrons. The van der Waals surface area contributed by atoms with Crippen LogP contribution in [0.25, 0.3) is 0 Å². The molecule has 2 rings (SSSR count). The molecule has 0 fully saturated rings. The first-order valence-corrected chi connectivity index (χ1v) is 9.53. The molecular formula is C18H21N3O5S. The van der Waals surface area contributed by atoms with Gasteiger partial charge in [-0.05, 0) is 43.7 Å². The second-order valence-electron chi connectivity index (χ2n) is 6.02. The lowest BCUT2D eigenvalue weighted by molar-refractivity contribution is -0.123. The lowest BCUT2D eigenvalue weighted by Gasteiger charge is -2.16. The van der Waals surface area contributed by atoms with Gasteiger partial charge in [0, 0.05) is 26.0 Å². The molecule has 9 heteroatoms. The number of hydrogen-bond donors (Lipinski definition) is 1. The molecule has 1 amide bonds. The fourth-order valence-corrected chi connectivity index (χ4v) is 3.03. The maximum absolute atomic E-state index is 12.4. The maximum Gasteiger partial charge on any atom is 0.357 e. The highest BCUT2D eigenvalue weighted by atomic mass is 32.2. The second-order valence-corrected chi connectivity index (χ2v) is 8.17. The summed E-state index contributed by atoms with van der Waals surface area (Å²) in [6, 6.07) is 9.20. The summed E-state index contributed by atoms with van der Waals surface area (Å²) in [5.41, 5.74) is 1.08. The summed E-state index contributed by atoms with van der Waals surface area (Å²) in [5, 5.41) is 2.60. The summed E-state index contributed by atoms with van der Waals surface area (Å²) in [4.78, 5) is 28.3. The number of anilines is 1. The van der Waals surface area contributed by atoms with E-state index < -0.39 is 28.0 Å². The zero-order chi connectivity index (χ0) is 20.2. The molecule has 1 heterocycles. The van der Waals surface area contributed by atoms with E-state index in [1.807, 2.05) is 0 Å². The number of sulfonamides is 1. The molecule has 0 bridgehead atoms. The number of carbonyl (C=O) groups is 2. The van der Waals surface area contributed by atoms with Gasteiger partial charge in [0.1, 0.15) is 5.69 Å². The Hall–Kier alpha value is -2.78. The number of benzene rings is 1. The van der Waals surface area contributed by atoms with Gasteiger partial charge in [0.05, 0.1) is 4.90 Å². The molecule has 0 saturated carbocycles. The van der Waals surface area contributed by atoms with Crippen molar-refractivity contribution < 1.29 is 22.7 Å². The third-order valence-corrected chi connectivity index (χ3v) is 5.58. The molecule has 1 N–H and O–H groups in total. The molecule has 0 aliphatic carbocycles. The van der Waals surface area contributed by atoms with Gasteiger partial charge in [-0.25, -0.2) is 22.5 Å². The molecule has 0 unspecified atom stereocenters. The van der Waals surface area contributed by atoms with Crippen molar-refractivity contribution >= 4 is 27.6 Å². The van der Waals surface area contributed by atoms with Crippen molar-refractivity contribution in [3.8, 4) is 0 Å². The van der Waals surface area contributed by atoms with E-state index in [9.17, 15) is 18.0 Å². The number of aryl methyl sites for hydroxylation is 1. The molecule has 27 heavy (non-hydrogen) atoms. The molecule has 1 aromatic heterocycles. The van der Waals surface area contributed by atoms with Gasteiger partial charge in [-0.15, -0.1) is 0 Å². The first-order chi connectivity index (χ1) is 12.6. The van der Waals surface area contributed by atoms with Crippen LogP contribution in [0.2, 0.25) is 0 Å². The lowest BCUT2D eigenvalue weighted by atomic mass is 10.2. The van der Waals surface area contributed by atoms with E-state index in [0.29, 0.717) is 11.3 Å². The summed E-state index contributed by atoms with van der Waals surface area (Å²) in [6.07, 6.45) is 0.356. The Morgan fingerprint density at radius 2 is 1.89 bits per heavy atom. The molecular weight excluding hydrogens is 370 g/mol. The smallest absolute Gasteiger partial charge is 0.357 e. The molecule has 1 aromatic carbocycles. The number of nitrogens with one attached hydrogen (secondary N) is 1. The third kappa shape index (κ3) is 4.89. The van der Waals surface area contributed by atoms with Crippen molar-refractivity contribution in [2.24, 2.45) is 0 Å². The Morgan fingerprint density at radius 3 is 2.48 bits per heavy atom. The van der Waals surface area contributed by atoms with E-state index >= 15 is 0 Å². The van der Waals surface area contributed by atoms with Gasteiger partial charge in [0.2, 0.25) is 10.0 Å². The van der Waals surface area contributed by atoms with Gasteiger partial charge in [-0.2, -0.15) is 0 Å². The van der Waals surface area contributed by atoms with Gasteiger partial charge >= 0.3 is 5.97 Å². The molecule has 2 aromatic rings. The van der Waals surface area contributed by atoms with Crippen LogP contribution in [0.3, 0.4) is 0 Å². The number of amides is 1. The highest BCUT2D eigenvalue weighted by molar-refractivity contribution is 7.89. The van der Waals surface area contributed by atoms with Crippen LogP contribution in [0.1, 0.15) is 23.0 Å². The minimum atomic E-state index is -3.64. The normalized spacial score (nSPS) is 12.5. The van der Waals surface area contributed by atoms with Crippen LogP contribution in [0.4, 0.5) is 5.69 Å². The Balaban J connectivity index is 2.14. The number of hydrogen-bond acceptors (Lipinski definition) is 6. The topological polar surface area (TPSA) is 106 Å². The summed E-state index contributed by atoms with van der Waals surface area (Å²) in [6.45, 7) is 3.15. The monoisotopic (exact) mass is 391 g/mol. The van der Waals surface area contributed by atoms with E-state index in [2.05, 4.69) is 10.3 Å². The second kappa shape index (κ2) is 8.28. The Kier molecular flexibility index (Phi) is 6.29. The minimum Gasteiger partial charge on any atom is -0.448 e. The molecule has 0 aliphatic rings. The number of pyridine rings is 1. The van der Waals surface area contributed by atoms with E-state index in [1.165, 1.54) is 45.4 Å². The van der Waals surface area contributed by atoms with Crippen LogP contribution in [0, 0.1) is 6.92 Å². The van der Waals surface area contributed by atoms with E-state index in [4.69, 9.17) is 4.74 Å². The van der Waals surface area contributed by atoms with Gasteiger partial charge in [-0.3, -0.25) is 4.79 Å². The van der Waals surface area contributed by atoms with Crippen LogP contribution < -0.4 is 5.32 Å². The average molecular weight is 391 g/mol. The Labute approximate surface area is 158 Å². The predicted octanol–water partition coefficient (Wildman–Crippen LogP) is 1.82. The summed E-state index contributed by atoms with van der Waals surface area (Å²) in [5.74, 6) is -1.30. The first kappa shape index (κ1) is 20.5. The zero-order valence-electron chi connectivity index (χ0n) is 15.5.